The van der Waals surface area contributed by atoms with Crippen molar-refractivity contribution in [2.75, 3.05) is 20.3 Å². The summed E-state index contributed by atoms with van der Waals surface area (Å²) in [5.74, 6) is 0. The quantitative estimate of drug-likeness (QED) is 0.629. The average molecular weight is 162 g/mol. The third-order valence-electron chi connectivity index (χ3n) is 2.66. The number of rotatable bonds is 4. The van der Waals surface area contributed by atoms with E-state index in [0.717, 1.165) is 0 Å². The van der Waals surface area contributed by atoms with Crippen LogP contribution in [0, 0.1) is 5.41 Å². The Morgan fingerprint density at radius 1 is 1.09 bits per heavy atom. The van der Waals surface area contributed by atoms with Crippen LogP contribution in [-0.4, -0.2) is 36.1 Å². The van der Waals surface area contributed by atoms with Crippen molar-refractivity contribution in [3.05, 3.63) is 0 Å². The van der Waals surface area contributed by atoms with Crippen LogP contribution >= 0.6 is 0 Å². The molecule has 3 nitrogen and oxygen atoms in total. The third-order valence-corrected chi connectivity index (χ3v) is 2.66. The van der Waals surface area contributed by atoms with Gasteiger partial charge in [-0.15, -0.1) is 0 Å². The number of aliphatic hydroxyl groups excluding tert-OH is 2. The lowest BCUT2D eigenvalue weighted by atomic mass is 9.76. The van der Waals surface area contributed by atoms with Gasteiger partial charge in [0.05, 0.1) is 18.8 Å². The maximum atomic E-state index is 9.01. The van der Waals surface area contributed by atoms with Crippen molar-refractivity contribution in [1.29, 1.82) is 0 Å². The molecule has 0 atom stereocenters. The van der Waals surface area contributed by atoms with Crippen LogP contribution in [-0.2, 0) is 4.74 Å². The molecule has 0 aliphatic rings. The molecule has 3 heteroatoms. The van der Waals surface area contributed by atoms with Crippen LogP contribution in [0.3, 0.4) is 0 Å². The smallest absolute Gasteiger partial charge is 0.0720 e. The summed E-state index contributed by atoms with van der Waals surface area (Å²) >= 11 is 0. The number of hydrogen-bond acceptors (Lipinski definition) is 3. The first-order chi connectivity index (χ1) is 4.93. The van der Waals surface area contributed by atoms with Crippen LogP contribution in [0.2, 0.25) is 0 Å². The van der Waals surface area contributed by atoms with Gasteiger partial charge in [-0.2, -0.15) is 0 Å². The molecule has 0 unspecified atom stereocenters. The molecule has 0 radical (unpaired) electrons. The molecule has 0 rings (SSSR count). The number of methoxy groups -OCH3 is 1. The predicted molar refractivity (Wildman–Crippen MR) is 43.4 cm³/mol. The van der Waals surface area contributed by atoms with Gasteiger partial charge in [0, 0.05) is 12.5 Å². The predicted octanol–water partition coefficient (Wildman–Crippen LogP) is 0.402. The van der Waals surface area contributed by atoms with E-state index in [-0.39, 0.29) is 13.2 Å². The van der Waals surface area contributed by atoms with Gasteiger partial charge >= 0.3 is 0 Å². The summed E-state index contributed by atoms with van der Waals surface area (Å²) in [5, 5.41) is 18.0. The maximum absolute atomic E-state index is 9.01. The summed E-state index contributed by atoms with van der Waals surface area (Å²) in [5.41, 5.74) is -1.09. The summed E-state index contributed by atoms with van der Waals surface area (Å²) in [6.45, 7) is 5.32. The van der Waals surface area contributed by atoms with Crippen LogP contribution in [0.4, 0.5) is 0 Å². The summed E-state index contributed by atoms with van der Waals surface area (Å²) in [6.07, 6.45) is 0. The highest BCUT2D eigenvalue weighted by molar-refractivity contribution is 4.89. The standard InChI is InChI=1S/C8H18O3/c1-7(2,11-4)8(3,5-9)6-10/h9-10H,5-6H2,1-4H3. The molecule has 0 saturated heterocycles. The molecule has 0 saturated carbocycles. The van der Waals surface area contributed by atoms with Crippen LogP contribution in [0.25, 0.3) is 0 Å². The van der Waals surface area contributed by atoms with Gasteiger partial charge in [0.1, 0.15) is 0 Å². The van der Waals surface area contributed by atoms with Crippen molar-refractivity contribution in [3.63, 3.8) is 0 Å². The Labute approximate surface area is 68.0 Å². The third kappa shape index (κ3) is 1.92. The Bertz CT molecular complexity index is 117. The molecule has 0 bridgehead atoms. The van der Waals surface area contributed by atoms with Crippen molar-refractivity contribution in [2.45, 2.75) is 26.4 Å². The lowest BCUT2D eigenvalue weighted by Gasteiger charge is -2.40. The SMILES string of the molecule is COC(C)(C)C(C)(CO)CO. The minimum Gasteiger partial charge on any atom is -0.396 e. The zero-order chi connectivity index (χ0) is 9.12. The van der Waals surface area contributed by atoms with Crippen LogP contribution in [0.5, 0.6) is 0 Å². The van der Waals surface area contributed by atoms with E-state index in [1.807, 2.05) is 13.8 Å². The zero-order valence-electron chi connectivity index (χ0n) is 7.72. The molecule has 11 heavy (non-hydrogen) atoms. The highest BCUT2D eigenvalue weighted by atomic mass is 16.5. The summed E-state index contributed by atoms with van der Waals surface area (Å²) in [4.78, 5) is 0. The minimum atomic E-state index is -0.582. The Morgan fingerprint density at radius 3 is 1.55 bits per heavy atom. The second-order valence-corrected chi connectivity index (χ2v) is 3.59. The maximum Gasteiger partial charge on any atom is 0.0720 e. The summed E-state index contributed by atoms with van der Waals surface area (Å²) in [6, 6.07) is 0. The lowest BCUT2D eigenvalue weighted by Crippen LogP contribution is -2.48. The molecule has 0 fully saturated rings. The largest absolute Gasteiger partial charge is 0.396 e. The van der Waals surface area contributed by atoms with Gasteiger partial charge in [-0.1, -0.05) is 6.92 Å². The van der Waals surface area contributed by atoms with Gasteiger partial charge < -0.3 is 14.9 Å². The topological polar surface area (TPSA) is 49.7 Å². The fourth-order valence-electron chi connectivity index (χ4n) is 0.677. The van der Waals surface area contributed by atoms with E-state index in [1.165, 1.54) is 0 Å². The average Bonchev–Trinajstić information content (AvgIpc) is 2.02. The second kappa shape index (κ2) is 3.52. The van der Waals surface area contributed by atoms with Crippen molar-refractivity contribution in [2.24, 2.45) is 5.41 Å². The van der Waals surface area contributed by atoms with Crippen molar-refractivity contribution in [3.8, 4) is 0 Å². The fourth-order valence-corrected chi connectivity index (χ4v) is 0.677. The first-order valence-corrected chi connectivity index (χ1v) is 3.70. The van der Waals surface area contributed by atoms with Crippen molar-refractivity contribution < 1.29 is 14.9 Å². The molecule has 0 aromatic carbocycles. The van der Waals surface area contributed by atoms with E-state index in [1.54, 1.807) is 14.0 Å². The summed E-state index contributed by atoms with van der Waals surface area (Å²) in [7, 11) is 1.57. The first-order valence-electron chi connectivity index (χ1n) is 3.70. The van der Waals surface area contributed by atoms with Gasteiger partial charge in [-0.3, -0.25) is 0 Å². The van der Waals surface area contributed by atoms with E-state index in [2.05, 4.69) is 0 Å². The molecule has 0 spiro atoms. The Morgan fingerprint density at radius 2 is 1.45 bits per heavy atom. The minimum absolute atomic E-state index is 0.0790. The van der Waals surface area contributed by atoms with E-state index >= 15 is 0 Å². The van der Waals surface area contributed by atoms with E-state index in [9.17, 15) is 0 Å². The molecule has 0 aromatic heterocycles. The molecule has 68 valence electrons. The van der Waals surface area contributed by atoms with E-state index in [4.69, 9.17) is 14.9 Å². The molecule has 0 aromatic rings. The Balaban J connectivity index is 4.47. The highest BCUT2D eigenvalue weighted by Crippen LogP contribution is 2.32. The van der Waals surface area contributed by atoms with Crippen LogP contribution in [0.15, 0.2) is 0 Å². The fraction of sp³-hybridized carbons (Fsp3) is 1.00. The van der Waals surface area contributed by atoms with E-state index in [0.29, 0.717) is 0 Å². The number of ether oxygens (including phenoxy) is 1. The number of aliphatic hydroxyl groups is 2. The van der Waals surface area contributed by atoms with E-state index < -0.39 is 11.0 Å². The lowest BCUT2D eigenvalue weighted by molar-refractivity contribution is -0.121. The Kier molecular flexibility index (Phi) is 3.48. The van der Waals surface area contributed by atoms with Gasteiger partial charge in [0.2, 0.25) is 0 Å². The molecular weight excluding hydrogens is 144 g/mol. The molecule has 0 aliphatic carbocycles. The molecule has 0 aliphatic heterocycles. The zero-order valence-corrected chi connectivity index (χ0v) is 7.72. The second-order valence-electron chi connectivity index (χ2n) is 3.59. The van der Waals surface area contributed by atoms with Crippen molar-refractivity contribution in [1.82, 2.24) is 0 Å². The van der Waals surface area contributed by atoms with Gasteiger partial charge in [-0.05, 0) is 13.8 Å². The van der Waals surface area contributed by atoms with Crippen LogP contribution in [0.1, 0.15) is 20.8 Å². The molecular formula is C8H18O3. The highest BCUT2D eigenvalue weighted by Gasteiger charge is 2.40. The normalized spacial score (nSPS) is 13.6. The first kappa shape index (κ1) is 10.9. The monoisotopic (exact) mass is 162 g/mol. The van der Waals surface area contributed by atoms with Crippen LogP contribution < -0.4 is 0 Å². The summed E-state index contributed by atoms with van der Waals surface area (Å²) < 4.78 is 5.16. The van der Waals surface area contributed by atoms with Gasteiger partial charge in [-0.25, -0.2) is 0 Å². The van der Waals surface area contributed by atoms with Crippen molar-refractivity contribution >= 4 is 0 Å². The number of hydrogen-bond donors (Lipinski definition) is 2. The molecule has 0 heterocycles. The van der Waals surface area contributed by atoms with Gasteiger partial charge in [0.15, 0.2) is 0 Å². The Hall–Kier alpha value is -0.120. The molecule has 2 N–H and O–H groups in total. The molecule has 0 amide bonds. The van der Waals surface area contributed by atoms with Gasteiger partial charge in [0.25, 0.3) is 0 Å².